The number of carboxylic acids is 1. The highest BCUT2D eigenvalue weighted by Gasteiger charge is 2.22. The number of thiophene rings is 1. The molecule has 0 aliphatic heterocycles. The number of methoxy groups -OCH3 is 1. The number of benzene rings is 1. The number of carboxylic acid groups (broad SMARTS) is 1. The van der Waals surface area contributed by atoms with Crippen molar-refractivity contribution in [2.45, 2.75) is 13.5 Å². The smallest absolute Gasteiger partial charge is 0.339 e. The molecule has 0 saturated carbocycles. The van der Waals surface area contributed by atoms with Crippen molar-refractivity contribution in [3.8, 4) is 5.75 Å². The number of hydrogen-bond donors (Lipinski definition) is 3. The van der Waals surface area contributed by atoms with E-state index < -0.39 is 11.9 Å². The van der Waals surface area contributed by atoms with Crippen LogP contribution >= 0.6 is 22.9 Å². The number of aromatic amines is 1. The highest BCUT2D eigenvalue weighted by atomic mass is 35.5. The zero-order valence-electron chi connectivity index (χ0n) is 16.6. The van der Waals surface area contributed by atoms with Crippen LogP contribution < -0.4 is 15.6 Å². The first kappa shape index (κ1) is 21.8. The van der Waals surface area contributed by atoms with E-state index in [0.717, 1.165) is 11.3 Å². The Labute approximate surface area is 180 Å². The normalized spacial score (nSPS) is 11.1. The molecule has 0 radical (unpaired) electrons. The van der Waals surface area contributed by atoms with Gasteiger partial charge in [-0.1, -0.05) is 11.6 Å². The average molecular weight is 451 g/mol. The van der Waals surface area contributed by atoms with Crippen LogP contribution in [0.2, 0.25) is 5.02 Å². The van der Waals surface area contributed by atoms with Crippen molar-refractivity contribution < 1.29 is 19.4 Å². The van der Waals surface area contributed by atoms with Crippen molar-refractivity contribution in [3.63, 3.8) is 0 Å². The van der Waals surface area contributed by atoms with Gasteiger partial charge in [0.15, 0.2) is 0 Å². The first-order valence-electron chi connectivity index (χ1n) is 8.71. The van der Waals surface area contributed by atoms with Gasteiger partial charge in [0.25, 0.3) is 11.5 Å². The van der Waals surface area contributed by atoms with Crippen molar-refractivity contribution in [2.24, 2.45) is 0 Å². The van der Waals surface area contributed by atoms with Crippen molar-refractivity contribution in [1.82, 2.24) is 14.9 Å². The molecular formula is C19H19ClN4O5S. The van der Waals surface area contributed by atoms with E-state index in [2.05, 4.69) is 15.3 Å². The van der Waals surface area contributed by atoms with Gasteiger partial charge in [-0.15, -0.1) is 11.3 Å². The number of anilines is 1. The first-order valence-corrected chi connectivity index (χ1v) is 9.91. The summed E-state index contributed by atoms with van der Waals surface area (Å²) in [5.41, 5.74) is 0.260. The predicted octanol–water partition coefficient (Wildman–Crippen LogP) is 2.97. The molecule has 0 aliphatic rings. The van der Waals surface area contributed by atoms with Crippen LogP contribution in [0.3, 0.4) is 0 Å². The summed E-state index contributed by atoms with van der Waals surface area (Å²) in [5, 5.41) is 12.3. The Bertz CT molecular complexity index is 1220. The predicted molar refractivity (Wildman–Crippen MR) is 115 cm³/mol. The Morgan fingerprint density at radius 1 is 1.37 bits per heavy atom. The molecule has 0 atom stereocenters. The molecule has 9 nitrogen and oxygen atoms in total. The Kier molecular flexibility index (Phi) is 6.11. The topological polar surface area (TPSA) is 125 Å². The standard InChI is InChI=1S/C19H19ClN4O5S/c1-8-14-16(25)22-13(7-24(2)3)23-18(14)30-15(8)17(26)21-11-6-12(29-4)9(19(27)28)5-10(11)20/h5-6H,7H2,1-4H3,(H,21,26)(H,27,28)(H,22,23,25). The van der Waals surface area contributed by atoms with Crippen molar-refractivity contribution in [1.29, 1.82) is 0 Å². The number of carbonyl (C=O) groups is 2. The van der Waals surface area contributed by atoms with Crippen molar-refractivity contribution >= 4 is 50.7 Å². The molecule has 0 fully saturated rings. The van der Waals surface area contributed by atoms with Gasteiger partial charge in [0.2, 0.25) is 0 Å². The van der Waals surface area contributed by atoms with Gasteiger partial charge < -0.3 is 25.0 Å². The van der Waals surface area contributed by atoms with Crippen LogP contribution in [-0.2, 0) is 6.54 Å². The monoisotopic (exact) mass is 450 g/mol. The number of carbonyl (C=O) groups excluding carboxylic acids is 1. The Morgan fingerprint density at radius 3 is 2.67 bits per heavy atom. The number of hydrogen-bond acceptors (Lipinski definition) is 7. The summed E-state index contributed by atoms with van der Waals surface area (Å²) in [6.45, 7) is 2.13. The Morgan fingerprint density at radius 2 is 2.07 bits per heavy atom. The van der Waals surface area contributed by atoms with Gasteiger partial charge in [0.1, 0.15) is 22.0 Å². The lowest BCUT2D eigenvalue weighted by atomic mass is 10.1. The minimum atomic E-state index is -1.20. The van der Waals surface area contributed by atoms with Crippen LogP contribution in [0, 0.1) is 6.92 Å². The minimum absolute atomic E-state index is 0.0459. The van der Waals surface area contributed by atoms with Gasteiger partial charge in [-0.05, 0) is 32.6 Å². The quantitative estimate of drug-likeness (QED) is 0.527. The molecule has 0 unspecified atom stereocenters. The van der Waals surface area contributed by atoms with E-state index in [0.29, 0.717) is 33.0 Å². The second-order valence-electron chi connectivity index (χ2n) is 6.78. The zero-order valence-corrected chi connectivity index (χ0v) is 18.2. The molecular weight excluding hydrogens is 432 g/mol. The number of halogens is 1. The minimum Gasteiger partial charge on any atom is -0.496 e. The van der Waals surface area contributed by atoms with E-state index in [1.807, 2.05) is 19.0 Å². The Balaban J connectivity index is 2.00. The number of rotatable bonds is 6. The molecule has 1 amide bonds. The third kappa shape index (κ3) is 4.16. The number of aromatic carboxylic acids is 1. The van der Waals surface area contributed by atoms with E-state index in [1.54, 1.807) is 6.92 Å². The number of fused-ring (bicyclic) bond motifs is 1. The van der Waals surface area contributed by atoms with Crippen LogP contribution in [0.15, 0.2) is 16.9 Å². The molecule has 2 heterocycles. The fourth-order valence-electron chi connectivity index (χ4n) is 2.94. The third-order valence-corrected chi connectivity index (χ3v) is 5.79. The lowest BCUT2D eigenvalue weighted by Gasteiger charge is -2.11. The highest BCUT2D eigenvalue weighted by Crippen LogP contribution is 2.33. The van der Waals surface area contributed by atoms with E-state index in [-0.39, 0.29) is 27.6 Å². The molecule has 3 N–H and O–H groups in total. The maximum Gasteiger partial charge on any atom is 0.339 e. The van der Waals surface area contributed by atoms with Crippen LogP contribution in [0.5, 0.6) is 5.75 Å². The van der Waals surface area contributed by atoms with E-state index in [9.17, 15) is 19.5 Å². The maximum atomic E-state index is 12.9. The van der Waals surface area contributed by atoms with Gasteiger partial charge in [-0.2, -0.15) is 0 Å². The zero-order chi connectivity index (χ0) is 22.2. The van der Waals surface area contributed by atoms with Crippen LogP contribution in [0.25, 0.3) is 10.2 Å². The SMILES string of the molecule is COc1cc(NC(=O)c2sc3nc(CN(C)C)[nH]c(=O)c3c2C)c(Cl)cc1C(=O)O. The molecule has 30 heavy (non-hydrogen) atoms. The number of ether oxygens (including phenoxy) is 1. The number of aromatic nitrogens is 2. The average Bonchev–Trinajstić information content (AvgIpc) is 2.99. The number of aryl methyl sites for hydroxylation is 1. The lowest BCUT2D eigenvalue weighted by molar-refractivity contribution is 0.0693. The molecule has 11 heteroatoms. The summed E-state index contributed by atoms with van der Waals surface area (Å²) >= 11 is 7.25. The van der Waals surface area contributed by atoms with Crippen LogP contribution in [0.4, 0.5) is 5.69 Å². The van der Waals surface area contributed by atoms with Gasteiger partial charge >= 0.3 is 5.97 Å². The fourth-order valence-corrected chi connectivity index (χ4v) is 4.25. The van der Waals surface area contributed by atoms with Gasteiger partial charge in [-0.3, -0.25) is 9.59 Å². The van der Waals surface area contributed by atoms with Crippen molar-refractivity contribution in [3.05, 3.63) is 49.3 Å². The van der Waals surface area contributed by atoms with Gasteiger partial charge in [-0.25, -0.2) is 9.78 Å². The number of nitrogens with zero attached hydrogens (tertiary/aromatic N) is 2. The van der Waals surface area contributed by atoms with Crippen LogP contribution in [0.1, 0.15) is 31.4 Å². The maximum absolute atomic E-state index is 12.9. The molecule has 2 aromatic heterocycles. The molecule has 158 valence electrons. The summed E-state index contributed by atoms with van der Waals surface area (Å²) in [7, 11) is 5.04. The number of nitrogens with one attached hydrogen (secondary N) is 2. The highest BCUT2D eigenvalue weighted by molar-refractivity contribution is 7.20. The summed E-state index contributed by atoms with van der Waals surface area (Å²) in [6.07, 6.45) is 0. The number of amides is 1. The molecule has 0 spiro atoms. The molecule has 0 saturated heterocycles. The van der Waals surface area contributed by atoms with Crippen molar-refractivity contribution in [2.75, 3.05) is 26.5 Å². The largest absolute Gasteiger partial charge is 0.496 e. The second-order valence-corrected chi connectivity index (χ2v) is 8.18. The fraction of sp³-hybridized carbons (Fsp3) is 0.263. The molecule has 3 aromatic rings. The van der Waals surface area contributed by atoms with Gasteiger partial charge in [0, 0.05) is 6.07 Å². The van der Waals surface area contributed by atoms with E-state index >= 15 is 0 Å². The van der Waals surface area contributed by atoms with Crippen LogP contribution in [-0.4, -0.2) is 53.1 Å². The first-order chi connectivity index (χ1) is 14.1. The lowest BCUT2D eigenvalue weighted by Crippen LogP contribution is -2.18. The van der Waals surface area contributed by atoms with E-state index in [1.165, 1.54) is 19.2 Å². The summed E-state index contributed by atoms with van der Waals surface area (Å²) in [6, 6.07) is 2.54. The molecule has 1 aromatic carbocycles. The number of H-pyrrole nitrogens is 1. The summed E-state index contributed by atoms with van der Waals surface area (Å²) in [5.74, 6) is -1.13. The summed E-state index contributed by atoms with van der Waals surface area (Å²) in [4.78, 5) is 46.5. The van der Waals surface area contributed by atoms with Gasteiger partial charge in [0.05, 0.1) is 34.6 Å². The second kappa shape index (κ2) is 8.42. The molecule has 0 bridgehead atoms. The molecule has 0 aliphatic carbocycles. The molecule has 3 rings (SSSR count). The summed E-state index contributed by atoms with van der Waals surface area (Å²) < 4.78 is 5.07. The third-order valence-electron chi connectivity index (χ3n) is 4.29. The van der Waals surface area contributed by atoms with E-state index in [4.69, 9.17) is 16.3 Å². The Hall–Kier alpha value is -2.95.